The topological polar surface area (TPSA) is 70.8 Å². The summed E-state index contributed by atoms with van der Waals surface area (Å²) in [7, 11) is 0. The van der Waals surface area contributed by atoms with Crippen LogP contribution in [0.15, 0.2) is 47.3 Å². The molecule has 1 N–H and O–H groups in total. The number of carbonyl (C=O) groups is 2. The molecule has 120 valence electrons. The van der Waals surface area contributed by atoms with E-state index >= 15 is 0 Å². The highest BCUT2D eigenvalue weighted by Gasteiger charge is 2.39. The molecule has 1 atom stereocenters. The summed E-state index contributed by atoms with van der Waals surface area (Å²) in [5.41, 5.74) is 1.52. The second-order valence-electron chi connectivity index (χ2n) is 6.29. The Hall–Kier alpha value is -2.56. The Morgan fingerprint density at radius 2 is 2.09 bits per heavy atom. The van der Waals surface area contributed by atoms with Crippen LogP contribution in [0, 0.1) is 5.41 Å². The molecule has 0 radical (unpaired) electrons. The zero-order chi connectivity index (χ0) is 16.4. The van der Waals surface area contributed by atoms with Crippen molar-refractivity contribution in [2.45, 2.75) is 19.8 Å². The number of nitrogens with zero attached hydrogens (tertiary/aromatic N) is 1. The van der Waals surface area contributed by atoms with Crippen molar-refractivity contribution in [2.24, 2.45) is 5.41 Å². The van der Waals surface area contributed by atoms with Gasteiger partial charge in [-0.3, -0.25) is 9.59 Å². The number of amides is 1. The van der Waals surface area contributed by atoms with Crippen molar-refractivity contribution in [1.29, 1.82) is 0 Å². The SMILES string of the molecule is CC1(C(=O)O)CCCN(C(=O)c2cccc(-c3ccoc3)c2)C1. The van der Waals surface area contributed by atoms with Crippen molar-refractivity contribution < 1.29 is 19.1 Å². The van der Waals surface area contributed by atoms with Crippen molar-refractivity contribution in [1.82, 2.24) is 4.90 Å². The minimum atomic E-state index is -0.865. The van der Waals surface area contributed by atoms with Crippen LogP contribution in [0.2, 0.25) is 0 Å². The van der Waals surface area contributed by atoms with Crippen molar-refractivity contribution >= 4 is 11.9 Å². The molecule has 3 rings (SSSR count). The van der Waals surface area contributed by atoms with Gasteiger partial charge in [0.25, 0.3) is 5.91 Å². The normalized spacial score (nSPS) is 21.2. The molecule has 2 heterocycles. The van der Waals surface area contributed by atoms with E-state index in [2.05, 4.69) is 0 Å². The number of likely N-dealkylation sites (tertiary alicyclic amines) is 1. The van der Waals surface area contributed by atoms with E-state index in [4.69, 9.17) is 4.42 Å². The third-order valence-corrected chi connectivity index (χ3v) is 4.46. The summed E-state index contributed by atoms with van der Waals surface area (Å²) in [5, 5.41) is 9.39. The summed E-state index contributed by atoms with van der Waals surface area (Å²) in [4.78, 5) is 25.8. The zero-order valence-corrected chi connectivity index (χ0v) is 13.0. The monoisotopic (exact) mass is 313 g/mol. The number of hydrogen-bond acceptors (Lipinski definition) is 3. The molecule has 5 nitrogen and oxygen atoms in total. The number of rotatable bonds is 3. The van der Waals surface area contributed by atoms with Crippen LogP contribution in [-0.2, 0) is 4.79 Å². The number of carboxylic acid groups (broad SMARTS) is 1. The molecule has 1 aromatic heterocycles. The minimum absolute atomic E-state index is 0.123. The molecule has 2 aromatic rings. The first-order chi connectivity index (χ1) is 11.0. The van der Waals surface area contributed by atoms with Crippen LogP contribution < -0.4 is 0 Å². The Morgan fingerprint density at radius 3 is 2.78 bits per heavy atom. The molecule has 1 aliphatic heterocycles. The number of hydrogen-bond donors (Lipinski definition) is 1. The molecule has 0 saturated carbocycles. The lowest BCUT2D eigenvalue weighted by atomic mass is 9.82. The van der Waals surface area contributed by atoms with Gasteiger partial charge in [-0.15, -0.1) is 0 Å². The van der Waals surface area contributed by atoms with Crippen LogP contribution >= 0.6 is 0 Å². The standard InChI is InChI=1S/C18H19NO4/c1-18(17(21)22)7-3-8-19(12-18)16(20)14-5-2-4-13(10-14)15-6-9-23-11-15/h2,4-6,9-11H,3,7-8,12H2,1H3,(H,21,22). The first-order valence-electron chi connectivity index (χ1n) is 7.65. The molecule has 5 heteroatoms. The summed E-state index contributed by atoms with van der Waals surface area (Å²) < 4.78 is 5.08. The summed E-state index contributed by atoms with van der Waals surface area (Å²) in [6.45, 7) is 2.55. The number of piperidine rings is 1. The number of benzene rings is 1. The average Bonchev–Trinajstić information content (AvgIpc) is 3.09. The largest absolute Gasteiger partial charge is 0.481 e. The maximum Gasteiger partial charge on any atom is 0.311 e. The van der Waals surface area contributed by atoms with Crippen LogP contribution in [0.1, 0.15) is 30.1 Å². The third-order valence-electron chi connectivity index (χ3n) is 4.46. The molecule has 1 saturated heterocycles. The van der Waals surface area contributed by atoms with E-state index in [1.54, 1.807) is 30.4 Å². The van der Waals surface area contributed by atoms with Gasteiger partial charge < -0.3 is 14.4 Å². The van der Waals surface area contributed by atoms with Gasteiger partial charge in [0, 0.05) is 24.2 Å². The Bertz CT molecular complexity index is 722. The number of carboxylic acids is 1. The highest BCUT2D eigenvalue weighted by molar-refractivity contribution is 5.96. The Kier molecular flexibility index (Phi) is 3.94. The second kappa shape index (κ2) is 5.91. The van der Waals surface area contributed by atoms with E-state index in [1.807, 2.05) is 24.3 Å². The van der Waals surface area contributed by atoms with Crippen LogP contribution in [0.4, 0.5) is 0 Å². The van der Waals surface area contributed by atoms with Crippen molar-refractivity contribution in [3.8, 4) is 11.1 Å². The quantitative estimate of drug-likeness (QED) is 0.944. The summed E-state index contributed by atoms with van der Waals surface area (Å²) in [6.07, 6.45) is 4.52. The van der Waals surface area contributed by atoms with Gasteiger partial charge in [-0.25, -0.2) is 0 Å². The van der Waals surface area contributed by atoms with Crippen LogP contribution in [-0.4, -0.2) is 35.0 Å². The van der Waals surface area contributed by atoms with Gasteiger partial charge in [0.2, 0.25) is 0 Å². The number of carbonyl (C=O) groups excluding carboxylic acids is 1. The summed E-state index contributed by atoms with van der Waals surface area (Å²) >= 11 is 0. The Morgan fingerprint density at radius 1 is 1.26 bits per heavy atom. The van der Waals surface area contributed by atoms with Gasteiger partial charge in [0.1, 0.15) is 0 Å². The molecule has 1 fully saturated rings. The molecule has 0 spiro atoms. The molecule has 0 aliphatic carbocycles. The van der Waals surface area contributed by atoms with Crippen molar-refractivity contribution in [3.05, 3.63) is 48.4 Å². The van der Waals surface area contributed by atoms with Gasteiger partial charge in [0.15, 0.2) is 0 Å². The van der Waals surface area contributed by atoms with Crippen molar-refractivity contribution in [2.75, 3.05) is 13.1 Å². The fourth-order valence-corrected chi connectivity index (χ4v) is 3.03. The lowest BCUT2D eigenvalue weighted by Gasteiger charge is -2.37. The Balaban J connectivity index is 1.83. The molecule has 1 aliphatic rings. The number of furan rings is 1. The zero-order valence-electron chi connectivity index (χ0n) is 13.0. The van der Waals surface area contributed by atoms with E-state index in [-0.39, 0.29) is 12.5 Å². The maximum absolute atomic E-state index is 12.7. The van der Waals surface area contributed by atoms with E-state index in [0.717, 1.165) is 11.1 Å². The van der Waals surface area contributed by atoms with Gasteiger partial charge in [-0.1, -0.05) is 12.1 Å². The number of aliphatic carboxylic acids is 1. The summed E-state index contributed by atoms with van der Waals surface area (Å²) in [6, 6.07) is 9.17. The average molecular weight is 313 g/mol. The molecule has 1 amide bonds. The highest BCUT2D eigenvalue weighted by atomic mass is 16.4. The maximum atomic E-state index is 12.7. The lowest BCUT2D eigenvalue weighted by molar-refractivity contribution is -0.150. The second-order valence-corrected chi connectivity index (χ2v) is 6.29. The van der Waals surface area contributed by atoms with Gasteiger partial charge in [-0.2, -0.15) is 0 Å². The third kappa shape index (κ3) is 2.99. The van der Waals surface area contributed by atoms with Gasteiger partial charge in [-0.05, 0) is 43.5 Å². The highest BCUT2D eigenvalue weighted by Crippen LogP contribution is 2.31. The molecular formula is C18H19NO4. The predicted octanol–water partition coefficient (Wildman–Crippen LogP) is 3.27. The first kappa shape index (κ1) is 15.3. The van der Waals surface area contributed by atoms with E-state index < -0.39 is 11.4 Å². The predicted molar refractivity (Wildman–Crippen MR) is 85.0 cm³/mol. The van der Waals surface area contributed by atoms with Crippen LogP contribution in [0.5, 0.6) is 0 Å². The molecule has 1 unspecified atom stereocenters. The van der Waals surface area contributed by atoms with E-state index in [1.165, 1.54) is 0 Å². The van der Waals surface area contributed by atoms with Gasteiger partial charge >= 0.3 is 5.97 Å². The molecule has 23 heavy (non-hydrogen) atoms. The first-order valence-corrected chi connectivity index (χ1v) is 7.65. The lowest BCUT2D eigenvalue weighted by Crippen LogP contribution is -2.48. The van der Waals surface area contributed by atoms with Crippen LogP contribution in [0.3, 0.4) is 0 Å². The van der Waals surface area contributed by atoms with Crippen molar-refractivity contribution in [3.63, 3.8) is 0 Å². The fourth-order valence-electron chi connectivity index (χ4n) is 3.03. The van der Waals surface area contributed by atoms with Crippen LogP contribution in [0.25, 0.3) is 11.1 Å². The van der Waals surface area contributed by atoms with E-state index in [0.29, 0.717) is 24.9 Å². The minimum Gasteiger partial charge on any atom is -0.481 e. The van der Waals surface area contributed by atoms with Gasteiger partial charge in [0.05, 0.1) is 17.9 Å². The molecular weight excluding hydrogens is 294 g/mol. The molecule has 0 bridgehead atoms. The summed E-state index contributed by atoms with van der Waals surface area (Å²) in [5.74, 6) is -0.968. The van der Waals surface area contributed by atoms with E-state index in [9.17, 15) is 14.7 Å². The fraction of sp³-hybridized carbons (Fsp3) is 0.333. The Labute approximate surface area is 134 Å². The smallest absolute Gasteiger partial charge is 0.311 e. The molecule has 1 aromatic carbocycles.